The van der Waals surface area contributed by atoms with Crippen molar-refractivity contribution in [2.24, 2.45) is 5.41 Å². The number of hydrogen-bond donors (Lipinski definition) is 2. The first kappa shape index (κ1) is 18.3. The third-order valence-electron chi connectivity index (χ3n) is 4.22. The zero-order chi connectivity index (χ0) is 18.7. The lowest BCUT2D eigenvalue weighted by atomic mass is 9.81. The van der Waals surface area contributed by atoms with Gasteiger partial charge in [-0.2, -0.15) is 13.8 Å². The molecule has 3 heterocycles. The van der Waals surface area contributed by atoms with E-state index in [0.717, 1.165) is 19.5 Å². The minimum atomic E-state index is -2.93. The summed E-state index contributed by atoms with van der Waals surface area (Å²) in [6.45, 7) is 3.29. The number of aromatic nitrogens is 4. The third kappa shape index (κ3) is 4.57. The summed E-state index contributed by atoms with van der Waals surface area (Å²) in [5, 5.41) is 9.06. The fraction of sp³-hybridized carbons (Fsp3) is 0.562. The molecule has 26 heavy (non-hydrogen) atoms. The van der Waals surface area contributed by atoms with Gasteiger partial charge in [0.25, 0.3) is 0 Å². The van der Waals surface area contributed by atoms with Gasteiger partial charge in [-0.25, -0.2) is 0 Å². The van der Waals surface area contributed by atoms with E-state index in [-0.39, 0.29) is 17.4 Å². The molecule has 0 saturated carbocycles. The highest BCUT2D eigenvalue weighted by atomic mass is 19.3. The first-order valence-electron chi connectivity index (χ1n) is 8.26. The number of likely N-dealkylation sites (tertiary alicyclic amines) is 1. The van der Waals surface area contributed by atoms with Crippen LogP contribution in [0.25, 0.3) is 0 Å². The van der Waals surface area contributed by atoms with Gasteiger partial charge in [-0.15, -0.1) is 5.10 Å². The average Bonchev–Trinajstić information content (AvgIpc) is 2.96. The second-order valence-electron chi connectivity index (χ2n) is 6.99. The molecule has 1 aliphatic rings. The number of H-pyrrole nitrogens is 1. The van der Waals surface area contributed by atoms with Crippen LogP contribution in [0.4, 0.5) is 20.4 Å². The molecule has 0 unspecified atom stereocenters. The van der Waals surface area contributed by atoms with Gasteiger partial charge in [0.05, 0.1) is 12.4 Å². The van der Waals surface area contributed by atoms with E-state index in [0.29, 0.717) is 17.5 Å². The highest BCUT2D eigenvalue weighted by Crippen LogP contribution is 2.31. The predicted octanol–water partition coefficient (Wildman–Crippen LogP) is 2.65. The Kier molecular flexibility index (Phi) is 5.21. The number of nitrogens with zero attached hydrogens (tertiary/aromatic N) is 4. The monoisotopic (exact) mass is 368 g/mol. The molecule has 0 amide bonds. The van der Waals surface area contributed by atoms with Crippen LogP contribution in [-0.4, -0.2) is 57.9 Å². The van der Waals surface area contributed by atoms with Crippen LogP contribution in [-0.2, 0) is 0 Å². The Morgan fingerprint density at radius 2 is 2.15 bits per heavy atom. The number of hydrogen-bond acceptors (Lipinski definition) is 7. The maximum Gasteiger partial charge on any atom is 0.388 e. The van der Waals surface area contributed by atoms with Gasteiger partial charge in [0, 0.05) is 24.6 Å². The molecule has 1 aliphatic heterocycles. The standard InChI is InChI=1S/C16H22F2N6O2/c1-16(2)9-24(3)5-4-10(16)25-14-8-19-7-12(21-14)20-11-6-13(23-22-11)26-15(17)18/h6-8,10,15H,4-5,9H2,1-3H3,(H2,20,21,22,23)/t10-/m0/s1. The number of anilines is 2. The number of aromatic amines is 1. The predicted molar refractivity (Wildman–Crippen MR) is 90.8 cm³/mol. The van der Waals surface area contributed by atoms with Crippen molar-refractivity contribution >= 4 is 11.6 Å². The molecule has 142 valence electrons. The van der Waals surface area contributed by atoms with Gasteiger partial charge in [0.15, 0.2) is 5.82 Å². The molecule has 1 saturated heterocycles. The first-order valence-corrected chi connectivity index (χ1v) is 8.26. The van der Waals surface area contributed by atoms with Crippen LogP contribution >= 0.6 is 0 Å². The minimum Gasteiger partial charge on any atom is -0.473 e. The molecule has 2 N–H and O–H groups in total. The summed E-state index contributed by atoms with van der Waals surface area (Å²) in [5.41, 5.74) is -0.0109. The number of piperidine rings is 1. The molecule has 1 fully saturated rings. The lowest BCUT2D eigenvalue weighted by Gasteiger charge is -2.42. The summed E-state index contributed by atoms with van der Waals surface area (Å²) in [6.07, 6.45) is 3.98. The summed E-state index contributed by atoms with van der Waals surface area (Å²) < 4.78 is 34.6. The van der Waals surface area contributed by atoms with E-state index in [1.807, 2.05) is 0 Å². The molecule has 2 aromatic rings. The van der Waals surface area contributed by atoms with Crippen LogP contribution < -0.4 is 14.8 Å². The summed E-state index contributed by atoms with van der Waals surface area (Å²) in [4.78, 5) is 10.8. The molecule has 0 aliphatic carbocycles. The van der Waals surface area contributed by atoms with Crippen molar-refractivity contribution in [2.75, 3.05) is 25.5 Å². The van der Waals surface area contributed by atoms with Gasteiger partial charge in [-0.05, 0) is 13.5 Å². The molecule has 0 bridgehead atoms. The van der Waals surface area contributed by atoms with Gasteiger partial charge in [0.1, 0.15) is 11.9 Å². The zero-order valence-electron chi connectivity index (χ0n) is 14.9. The van der Waals surface area contributed by atoms with Crippen molar-refractivity contribution in [2.45, 2.75) is 33.0 Å². The molecular formula is C16H22F2N6O2. The first-order chi connectivity index (χ1) is 12.3. The maximum atomic E-state index is 12.2. The van der Waals surface area contributed by atoms with Crippen LogP contribution in [0, 0.1) is 5.41 Å². The van der Waals surface area contributed by atoms with Gasteiger partial charge < -0.3 is 19.7 Å². The molecule has 0 aromatic carbocycles. The fourth-order valence-electron chi connectivity index (χ4n) is 3.09. The van der Waals surface area contributed by atoms with Crippen molar-refractivity contribution in [3.05, 3.63) is 18.5 Å². The minimum absolute atomic E-state index is 0.0109. The molecule has 3 rings (SSSR count). The average molecular weight is 368 g/mol. The van der Waals surface area contributed by atoms with Crippen LogP contribution in [0.15, 0.2) is 18.5 Å². The molecule has 0 spiro atoms. The second-order valence-corrected chi connectivity index (χ2v) is 6.99. The van der Waals surface area contributed by atoms with Crippen molar-refractivity contribution in [3.8, 4) is 11.8 Å². The van der Waals surface area contributed by atoms with E-state index in [4.69, 9.17) is 4.74 Å². The highest BCUT2D eigenvalue weighted by molar-refractivity contribution is 5.52. The van der Waals surface area contributed by atoms with E-state index in [9.17, 15) is 8.78 Å². The Morgan fingerprint density at radius 3 is 2.88 bits per heavy atom. The summed E-state index contributed by atoms with van der Waals surface area (Å²) in [5.74, 6) is 0.948. The summed E-state index contributed by atoms with van der Waals surface area (Å²) in [7, 11) is 2.10. The Morgan fingerprint density at radius 1 is 1.35 bits per heavy atom. The van der Waals surface area contributed by atoms with Gasteiger partial charge in [0.2, 0.25) is 11.8 Å². The number of nitrogens with one attached hydrogen (secondary N) is 2. The van der Waals surface area contributed by atoms with E-state index in [1.54, 1.807) is 6.20 Å². The van der Waals surface area contributed by atoms with E-state index < -0.39 is 6.61 Å². The quantitative estimate of drug-likeness (QED) is 0.810. The van der Waals surface area contributed by atoms with E-state index in [1.165, 1.54) is 12.3 Å². The third-order valence-corrected chi connectivity index (χ3v) is 4.22. The number of alkyl halides is 2. The van der Waals surface area contributed by atoms with Crippen LogP contribution in [0.3, 0.4) is 0 Å². The van der Waals surface area contributed by atoms with Crippen LogP contribution in [0.2, 0.25) is 0 Å². The Hall–Kier alpha value is -2.49. The highest BCUT2D eigenvalue weighted by Gasteiger charge is 2.36. The topological polar surface area (TPSA) is 88.2 Å². The Bertz CT molecular complexity index is 739. The number of halogens is 2. The number of ether oxygens (including phenoxy) is 2. The van der Waals surface area contributed by atoms with Crippen LogP contribution in [0.5, 0.6) is 11.8 Å². The molecule has 1 atom stereocenters. The normalized spacial score (nSPS) is 20.2. The lowest BCUT2D eigenvalue weighted by Crippen LogP contribution is -2.49. The smallest absolute Gasteiger partial charge is 0.388 e. The van der Waals surface area contributed by atoms with Crippen LogP contribution in [0.1, 0.15) is 20.3 Å². The van der Waals surface area contributed by atoms with Gasteiger partial charge in [-0.3, -0.25) is 10.1 Å². The van der Waals surface area contributed by atoms with E-state index in [2.05, 4.69) is 56.0 Å². The number of rotatable bonds is 6. The van der Waals surface area contributed by atoms with Crippen molar-refractivity contribution in [1.82, 2.24) is 25.1 Å². The molecule has 2 aromatic heterocycles. The lowest BCUT2D eigenvalue weighted by molar-refractivity contribution is -0.0528. The second kappa shape index (κ2) is 7.40. The molecule has 0 radical (unpaired) electrons. The molecule has 10 heteroatoms. The van der Waals surface area contributed by atoms with Gasteiger partial charge >= 0.3 is 6.61 Å². The maximum absolute atomic E-state index is 12.2. The Balaban J connectivity index is 1.65. The SMILES string of the molecule is CN1CC[C@H](Oc2cncc(Nc3cc(OC(F)F)n[nH]3)n2)C(C)(C)C1. The molecular weight excluding hydrogens is 346 g/mol. The van der Waals surface area contributed by atoms with Crippen molar-refractivity contribution in [1.29, 1.82) is 0 Å². The van der Waals surface area contributed by atoms with Crippen molar-refractivity contribution < 1.29 is 18.3 Å². The summed E-state index contributed by atoms with van der Waals surface area (Å²) in [6, 6.07) is 1.31. The summed E-state index contributed by atoms with van der Waals surface area (Å²) >= 11 is 0. The Labute approximate surface area is 149 Å². The molecule has 8 nitrogen and oxygen atoms in total. The van der Waals surface area contributed by atoms with Crippen molar-refractivity contribution in [3.63, 3.8) is 0 Å². The van der Waals surface area contributed by atoms with E-state index >= 15 is 0 Å². The largest absolute Gasteiger partial charge is 0.473 e. The zero-order valence-corrected chi connectivity index (χ0v) is 14.9. The van der Waals surface area contributed by atoms with Gasteiger partial charge in [-0.1, -0.05) is 13.8 Å². The fourth-order valence-corrected chi connectivity index (χ4v) is 3.09.